The third-order valence-electron chi connectivity index (χ3n) is 5.61. The van der Waals surface area contributed by atoms with Crippen LogP contribution in [0.15, 0.2) is 48.5 Å². The summed E-state index contributed by atoms with van der Waals surface area (Å²) in [5.41, 5.74) is 2.95. The lowest BCUT2D eigenvalue weighted by Crippen LogP contribution is -2.55. The molecule has 0 aromatic heterocycles. The Balaban J connectivity index is 2.34. The smallest absolute Gasteiger partial charge is 0.244 e. The molecule has 0 aliphatic heterocycles. The molecule has 34 heavy (non-hydrogen) atoms. The van der Waals surface area contributed by atoms with Crippen molar-refractivity contribution in [3.05, 3.63) is 65.2 Å². The van der Waals surface area contributed by atoms with E-state index < -0.39 is 27.5 Å². The zero-order valence-corrected chi connectivity index (χ0v) is 22.1. The molecule has 2 rings (SSSR count). The fourth-order valence-corrected chi connectivity index (χ4v) is 4.38. The molecular weight excluding hydrogens is 450 g/mol. The molecule has 2 aromatic carbocycles. The Bertz CT molecular complexity index is 1110. The van der Waals surface area contributed by atoms with Crippen LogP contribution in [0.5, 0.6) is 0 Å². The van der Waals surface area contributed by atoms with Crippen molar-refractivity contribution in [2.24, 2.45) is 0 Å². The summed E-state index contributed by atoms with van der Waals surface area (Å²) in [6.45, 7) is 11.0. The van der Waals surface area contributed by atoms with Crippen LogP contribution in [0.25, 0.3) is 0 Å². The van der Waals surface area contributed by atoms with Crippen molar-refractivity contribution in [1.82, 2.24) is 10.2 Å². The molecule has 1 N–H and O–H groups in total. The summed E-state index contributed by atoms with van der Waals surface area (Å²) in [7, 11) is -3.73. The van der Waals surface area contributed by atoms with E-state index in [1.165, 1.54) is 4.90 Å². The summed E-state index contributed by atoms with van der Waals surface area (Å²) in [6, 6.07) is 14.2. The maximum Gasteiger partial charge on any atom is 0.244 e. The zero-order chi connectivity index (χ0) is 25.7. The van der Waals surface area contributed by atoms with E-state index in [0.717, 1.165) is 27.3 Å². The van der Waals surface area contributed by atoms with Crippen LogP contribution < -0.4 is 9.62 Å². The maximum atomic E-state index is 13.5. The molecule has 0 fully saturated rings. The van der Waals surface area contributed by atoms with Crippen LogP contribution in [0, 0.1) is 13.8 Å². The van der Waals surface area contributed by atoms with Gasteiger partial charge in [0.25, 0.3) is 0 Å². The van der Waals surface area contributed by atoms with Gasteiger partial charge >= 0.3 is 0 Å². The topological polar surface area (TPSA) is 86.8 Å². The first kappa shape index (κ1) is 27.4. The molecule has 1 atom stereocenters. The Morgan fingerprint density at radius 2 is 1.62 bits per heavy atom. The van der Waals surface area contributed by atoms with Gasteiger partial charge in [0.1, 0.15) is 12.6 Å². The number of rotatable bonds is 9. The van der Waals surface area contributed by atoms with E-state index in [1.807, 2.05) is 71.0 Å². The van der Waals surface area contributed by atoms with Crippen LogP contribution in [0.3, 0.4) is 0 Å². The van der Waals surface area contributed by atoms with Gasteiger partial charge in [-0.1, -0.05) is 36.4 Å². The van der Waals surface area contributed by atoms with Gasteiger partial charge < -0.3 is 10.2 Å². The lowest BCUT2D eigenvalue weighted by molar-refractivity contribution is -0.139. The van der Waals surface area contributed by atoms with Crippen molar-refractivity contribution in [3.63, 3.8) is 0 Å². The SMILES string of the molecule is Cc1ccc(N(CC(=O)N(CCc2ccccc2)[C@@H](C)C(=O)NC(C)(C)C)S(C)(=O)=O)cc1C. The lowest BCUT2D eigenvalue weighted by atomic mass is 10.1. The average Bonchev–Trinajstić information content (AvgIpc) is 2.72. The Morgan fingerprint density at radius 1 is 1.00 bits per heavy atom. The van der Waals surface area contributed by atoms with Gasteiger partial charge in [-0.15, -0.1) is 0 Å². The van der Waals surface area contributed by atoms with Crippen molar-refractivity contribution in [1.29, 1.82) is 0 Å². The molecule has 2 amide bonds. The summed E-state index contributed by atoms with van der Waals surface area (Å²) in [6.07, 6.45) is 1.63. The summed E-state index contributed by atoms with van der Waals surface area (Å²) < 4.78 is 26.4. The Labute approximate surface area is 204 Å². The number of carbonyl (C=O) groups is 2. The fourth-order valence-electron chi connectivity index (χ4n) is 3.54. The lowest BCUT2D eigenvalue weighted by Gasteiger charge is -2.33. The molecule has 0 spiro atoms. The minimum atomic E-state index is -3.73. The maximum absolute atomic E-state index is 13.5. The van der Waals surface area contributed by atoms with Crippen molar-refractivity contribution in [2.75, 3.05) is 23.7 Å². The second-order valence-corrected chi connectivity index (χ2v) is 11.7. The second-order valence-electron chi connectivity index (χ2n) is 9.78. The fraction of sp³-hybridized carbons (Fsp3) is 0.462. The predicted molar refractivity (Wildman–Crippen MR) is 137 cm³/mol. The Morgan fingerprint density at radius 3 is 2.15 bits per heavy atom. The highest BCUT2D eigenvalue weighted by atomic mass is 32.2. The van der Waals surface area contributed by atoms with Gasteiger partial charge in [-0.2, -0.15) is 0 Å². The molecule has 7 nitrogen and oxygen atoms in total. The van der Waals surface area contributed by atoms with E-state index >= 15 is 0 Å². The van der Waals surface area contributed by atoms with E-state index in [-0.39, 0.29) is 19.0 Å². The van der Waals surface area contributed by atoms with Crippen LogP contribution in [0.4, 0.5) is 5.69 Å². The number of amides is 2. The number of anilines is 1. The second kappa shape index (κ2) is 11.0. The van der Waals surface area contributed by atoms with Gasteiger partial charge in [0.15, 0.2) is 0 Å². The van der Waals surface area contributed by atoms with Crippen molar-refractivity contribution >= 4 is 27.5 Å². The number of sulfonamides is 1. The van der Waals surface area contributed by atoms with Crippen LogP contribution in [0.1, 0.15) is 44.4 Å². The molecule has 0 saturated heterocycles. The van der Waals surface area contributed by atoms with Crippen molar-refractivity contribution < 1.29 is 18.0 Å². The molecule has 0 saturated carbocycles. The minimum Gasteiger partial charge on any atom is -0.350 e. The van der Waals surface area contributed by atoms with Crippen LogP contribution in [0.2, 0.25) is 0 Å². The Hall–Kier alpha value is -2.87. The highest BCUT2D eigenvalue weighted by molar-refractivity contribution is 7.92. The molecule has 0 bridgehead atoms. The largest absolute Gasteiger partial charge is 0.350 e. The van der Waals surface area contributed by atoms with Crippen LogP contribution in [-0.2, 0) is 26.0 Å². The normalized spacial score (nSPS) is 12.7. The van der Waals surface area contributed by atoms with Gasteiger partial charge in [0.05, 0.1) is 11.9 Å². The zero-order valence-electron chi connectivity index (χ0n) is 21.3. The molecule has 0 aliphatic rings. The standard InChI is InChI=1S/C26H37N3O4S/c1-19-13-14-23(17-20(19)2)29(34(7,32)33)18-24(30)28(16-15-22-11-9-8-10-12-22)21(3)25(31)27-26(4,5)6/h8-14,17,21H,15-16,18H2,1-7H3,(H,27,31)/t21-/m0/s1. The van der Waals surface area contributed by atoms with E-state index in [4.69, 9.17) is 0 Å². The molecular formula is C26H37N3O4S. The van der Waals surface area contributed by atoms with E-state index in [0.29, 0.717) is 12.1 Å². The summed E-state index contributed by atoms with van der Waals surface area (Å²) in [5, 5.41) is 2.92. The number of carbonyl (C=O) groups excluding carboxylic acids is 2. The minimum absolute atomic E-state index is 0.284. The summed E-state index contributed by atoms with van der Waals surface area (Å²) in [4.78, 5) is 27.9. The highest BCUT2D eigenvalue weighted by Gasteiger charge is 2.31. The molecule has 0 unspecified atom stereocenters. The first-order chi connectivity index (χ1) is 15.7. The van der Waals surface area contributed by atoms with Gasteiger partial charge in [-0.05, 0) is 76.8 Å². The van der Waals surface area contributed by atoms with Gasteiger partial charge in [-0.25, -0.2) is 8.42 Å². The highest BCUT2D eigenvalue weighted by Crippen LogP contribution is 2.22. The quantitative estimate of drug-likeness (QED) is 0.587. The predicted octanol–water partition coefficient (Wildman–Crippen LogP) is 3.44. The monoisotopic (exact) mass is 487 g/mol. The molecule has 0 heterocycles. The number of benzene rings is 2. The number of hydrogen-bond donors (Lipinski definition) is 1. The molecule has 186 valence electrons. The van der Waals surface area contributed by atoms with Crippen molar-refractivity contribution in [2.45, 2.75) is 59.5 Å². The third-order valence-corrected chi connectivity index (χ3v) is 6.75. The number of nitrogens with zero attached hydrogens (tertiary/aromatic N) is 2. The molecule has 8 heteroatoms. The van der Waals surface area contributed by atoms with Gasteiger partial charge in [0.2, 0.25) is 21.8 Å². The van der Waals surface area contributed by atoms with E-state index in [1.54, 1.807) is 19.1 Å². The molecule has 0 radical (unpaired) electrons. The van der Waals surface area contributed by atoms with Crippen molar-refractivity contribution in [3.8, 4) is 0 Å². The van der Waals surface area contributed by atoms with Crippen LogP contribution >= 0.6 is 0 Å². The molecule has 2 aromatic rings. The van der Waals surface area contributed by atoms with E-state index in [9.17, 15) is 18.0 Å². The summed E-state index contributed by atoms with van der Waals surface area (Å²) in [5.74, 6) is -0.720. The first-order valence-corrected chi connectivity index (χ1v) is 13.2. The summed E-state index contributed by atoms with van der Waals surface area (Å²) >= 11 is 0. The average molecular weight is 488 g/mol. The number of nitrogens with one attached hydrogen (secondary N) is 1. The Kier molecular flexibility index (Phi) is 8.89. The van der Waals surface area contributed by atoms with Gasteiger partial charge in [0, 0.05) is 12.1 Å². The first-order valence-electron chi connectivity index (χ1n) is 11.4. The van der Waals surface area contributed by atoms with Crippen LogP contribution in [-0.4, -0.2) is 56.1 Å². The third kappa shape index (κ3) is 7.87. The van der Waals surface area contributed by atoms with Gasteiger partial charge in [-0.3, -0.25) is 13.9 Å². The molecule has 0 aliphatic carbocycles. The van der Waals surface area contributed by atoms with E-state index in [2.05, 4.69) is 5.32 Å². The number of aryl methyl sites for hydroxylation is 2. The number of hydrogen-bond acceptors (Lipinski definition) is 4.